The van der Waals surface area contributed by atoms with Gasteiger partial charge in [0, 0.05) is 18.9 Å². The van der Waals surface area contributed by atoms with Gasteiger partial charge >= 0.3 is 0 Å². The minimum Gasteiger partial charge on any atom is -0.393 e. The van der Waals surface area contributed by atoms with Crippen molar-refractivity contribution in [3.63, 3.8) is 0 Å². The molecule has 0 bridgehead atoms. The van der Waals surface area contributed by atoms with Crippen molar-refractivity contribution in [1.29, 1.82) is 0 Å². The predicted molar refractivity (Wildman–Crippen MR) is 158 cm³/mol. The van der Waals surface area contributed by atoms with Crippen LogP contribution in [0, 0.1) is 58.2 Å². The molecule has 4 fully saturated rings. The summed E-state index contributed by atoms with van der Waals surface area (Å²) in [5.41, 5.74) is 0.978. The van der Waals surface area contributed by atoms with Crippen LogP contribution in [-0.4, -0.2) is 33.9 Å². The van der Waals surface area contributed by atoms with E-state index in [1.165, 1.54) is 57.8 Å². The maximum atomic E-state index is 10.8. The van der Waals surface area contributed by atoms with Gasteiger partial charge in [-0.25, -0.2) is 4.98 Å². The van der Waals surface area contributed by atoms with Crippen LogP contribution in [0.4, 0.5) is 0 Å². The summed E-state index contributed by atoms with van der Waals surface area (Å²) in [6.07, 6.45) is 21.8. The zero-order chi connectivity index (χ0) is 26.9. The summed E-state index contributed by atoms with van der Waals surface area (Å²) >= 11 is 0. The molecule has 2 N–H and O–H groups in total. The largest absolute Gasteiger partial charge is 0.393 e. The van der Waals surface area contributed by atoms with Gasteiger partial charge in [0.05, 0.1) is 12.4 Å². The van der Waals surface area contributed by atoms with Crippen molar-refractivity contribution >= 4 is 0 Å². The van der Waals surface area contributed by atoms with Crippen LogP contribution in [0.5, 0.6) is 0 Å². The average molecular weight is 526 g/mol. The number of rotatable bonds is 11. The Balaban J connectivity index is 1.26. The second-order valence-corrected chi connectivity index (χ2v) is 15.3. The first-order valence-electron chi connectivity index (χ1n) is 16.6. The maximum absolute atomic E-state index is 10.8. The molecule has 1 heterocycles. The van der Waals surface area contributed by atoms with Gasteiger partial charge in [-0.05, 0) is 129 Å². The van der Waals surface area contributed by atoms with Gasteiger partial charge in [0.15, 0.2) is 0 Å². The summed E-state index contributed by atoms with van der Waals surface area (Å²) in [5, 5.41) is 14.6. The summed E-state index contributed by atoms with van der Waals surface area (Å²) in [7, 11) is 0. The van der Waals surface area contributed by atoms with Gasteiger partial charge in [-0.15, -0.1) is 0 Å². The Kier molecular flexibility index (Phi) is 9.00. The molecule has 0 saturated heterocycles. The number of aromatic nitrogens is 2. The van der Waals surface area contributed by atoms with E-state index in [4.69, 9.17) is 0 Å². The summed E-state index contributed by atoms with van der Waals surface area (Å²) in [6, 6.07) is 0. The summed E-state index contributed by atoms with van der Waals surface area (Å²) in [4.78, 5) is 4.18. The van der Waals surface area contributed by atoms with Gasteiger partial charge in [-0.2, -0.15) is 0 Å². The van der Waals surface area contributed by atoms with Gasteiger partial charge in [0.1, 0.15) is 0 Å². The molecule has 4 aliphatic carbocycles. The summed E-state index contributed by atoms with van der Waals surface area (Å²) < 4.78 is 2.19. The Morgan fingerprint density at radius 1 is 0.947 bits per heavy atom. The first-order chi connectivity index (χ1) is 18.2. The van der Waals surface area contributed by atoms with Crippen LogP contribution >= 0.6 is 0 Å². The van der Waals surface area contributed by atoms with Crippen molar-refractivity contribution in [3.8, 4) is 0 Å². The van der Waals surface area contributed by atoms with E-state index in [-0.39, 0.29) is 6.10 Å². The van der Waals surface area contributed by atoms with Crippen molar-refractivity contribution in [2.75, 3.05) is 13.1 Å². The molecule has 10 atom stereocenters. The number of hydrogen-bond donors (Lipinski definition) is 2. The van der Waals surface area contributed by atoms with E-state index in [0.717, 1.165) is 74.4 Å². The number of hydrogen-bond acceptors (Lipinski definition) is 3. The highest BCUT2D eigenvalue weighted by molar-refractivity contribution is 5.11. The Morgan fingerprint density at radius 3 is 2.50 bits per heavy atom. The fourth-order valence-corrected chi connectivity index (χ4v) is 10.8. The van der Waals surface area contributed by atoms with Gasteiger partial charge in [0.25, 0.3) is 0 Å². The van der Waals surface area contributed by atoms with Gasteiger partial charge in [-0.1, -0.05) is 53.9 Å². The molecule has 4 aliphatic rings. The molecule has 5 rings (SSSR count). The second kappa shape index (κ2) is 11.9. The lowest BCUT2D eigenvalue weighted by molar-refractivity contribution is -0.151. The van der Waals surface area contributed by atoms with Crippen molar-refractivity contribution in [2.24, 2.45) is 58.2 Å². The van der Waals surface area contributed by atoms with Crippen LogP contribution in [0.15, 0.2) is 18.7 Å². The van der Waals surface area contributed by atoms with Crippen LogP contribution in [0.2, 0.25) is 0 Å². The van der Waals surface area contributed by atoms with Gasteiger partial charge in [-0.3, -0.25) is 0 Å². The number of aryl methyl sites for hydroxylation is 1. The molecular formula is C34H59N3O. The first kappa shape index (κ1) is 28.7. The summed E-state index contributed by atoms with van der Waals surface area (Å²) in [5.74, 6) is 6.75. The second-order valence-electron chi connectivity index (χ2n) is 15.3. The highest BCUT2D eigenvalue weighted by atomic mass is 16.3. The third-order valence-electron chi connectivity index (χ3n) is 12.8. The number of nitrogens with zero attached hydrogens (tertiary/aromatic N) is 2. The molecule has 4 saturated carbocycles. The fraction of sp³-hybridized carbons (Fsp3) is 0.912. The molecule has 0 aliphatic heterocycles. The molecule has 38 heavy (non-hydrogen) atoms. The van der Waals surface area contributed by atoms with E-state index in [9.17, 15) is 5.11 Å². The quantitative estimate of drug-likeness (QED) is 0.293. The molecule has 216 valence electrons. The van der Waals surface area contributed by atoms with Crippen LogP contribution in [0.25, 0.3) is 0 Å². The molecule has 0 radical (unpaired) electrons. The average Bonchev–Trinajstić information content (AvgIpc) is 3.51. The number of aliphatic hydroxyl groups is 1. The molecule has 4 nitrogen and oxygen atoms in total. The molecule has 0 spiro atoms. The number of imidazole rings is 1. The van der Waals surface area contributed by atoms with E-state index < -0.39 is 0 Å². The standard InChI is InChI=1S/C34H59N3O/c1-24(2)8-6-9-25(3)29-10-11-30-28-20-26(22-35-16-7-18-37-19-17-36-23-37)32-21-27(38)12-14-34(32,5)31(28)13-15-33(29,30)4/h17,19,23-32,35,38H,6-16,18,20-22H2,1-5H3/t25-,26+,27+,28?,29-,30?,31?,32?,33-,34-/m1/s1. The van der Waals surface area contributed by atoms with Gasteiger partial charge in [0.2, 0.25) is 0 Å². The maximum Gasteiger partial charge on any atom is 0.0945 e. The lowest BCUT2D eigenvalue weighted by Crippen LogP contribution is -2.58. The Bertz CT molecular complexity index is 869. The number of fused-ring (bicyclic) bond motifs is 5. The van der Waals surface area contributed by atoms with Crippen LogP contribution in [-0.2, 0) is 6.54 Å². The minimum absolute atomic E-state index is 0.0789. The van der Waals surface area contributed by atoms with Crippen molar-refractivity contribution < 1.29 is 5.11 Å². The number of nitrogens with one attached hydrogen (secondary N) is 1. The molecule has 1 aromatic heterocycles. The fourth-order valence-electron chi connectivity index (χ4n) is 10.8. The van der Waals surface area contributed by atoms with Crippen LogP contribution in [0.3, 0.4) is 0 Å². The van der Waals surface area contributed by atoms with Crippen molar-refractivity contribution in [3.05, 3.63) is 18.7 Å². The third kappa shape index (κ3) is 5.65. The summed E-state index contributed by atoms with van der Waals surface area (Å²) in [6.45, 7) is 16.0. The lowest BCUT2D eigenvalue weighted by atomic mass is 9.42. The highest BCUT2D eigenvalue weighted by Crippen LogP contribution is 2.69. The van der Waals surface area contributed by atoms with E-state index in [1.807, 2.05) is 12.5 Å². The Labute approximate surface area is 234 Å². The highest BCUT2D eigenvalue weighted by Gasteiger charge is 2.62. The van der Waals surface area contributed by atoms with Crippen LogP contribution in [0.1, 0.15) is 112 Å². The van der Waals surface area contributed by atoms with Gasteiger partial charge < -0.3 is 15.0 Å². The van der Waals surface area contributed by atoms with E-state index in [0.29, 0.717) is 22.7 Å². The predicted octanol–water partition coefficient (Wildman–Crippen LogP) is 7.57. The smallest absolute Gasteiger partial charge is 0.0945 e. The molecule has 0 aromatic carbocycles. The minimum atomic E-state index is -0.0789. The topological polar surface area (TPSA) is 50.1 Å². The molecule has 0 amide bonds. The monoisotopic (exact) mass is 525 g/mol. The van der Waals surface area contributed by atoms with E-state index in [1.54, 1.807) is 0 Å². The zero-order valence-corrected chi connectivity index (χ0v) is 25.4. The third-order valence-corrected chi connectivity index (χ3v) is 12.8. The lowest BCUT2D eigenvalue weighted by Gasteiger charge is -2.63. The molecule has 4 heteroatoms. The van der Waals surface area contributed by atoms with Crippen molar-refractivity contribution in [2.45, 2.75) is 124 Å². The SMILES string of the molecule is CC(C)CCC[C@@H](C)[C@H]1CCC2C3C[C@@H](CNCCCn4ccnc4)C4C[C@@H](O)CC[C@]4(C)C3CC[C@@]21C. The Morgan fingerprint density at radius 2 is 1.74 bits per heavy atom. The van der Waals surface area contributed by atoms with E-state index in [2.05, 4.69) is 55.7 Å². The molecule has 4 unspecified atom stereocenters. The normalized spacial score (nSPS) is 41.5. The number of aliphatic hydroxyl groups excluding tert-OH is 1. The molecule has 1 aromatic rings. The Hall–Kier alpha value is -0.870. The van der Waals surface area contributed by atoms with Crippen LogP contribution < -0.4 is 5.32 Å². The van der Waals surface area contributed by atoms with E-state index >= 15 is 0 Å². The zero-order valence-electron chi connectivity index (χ0n) is 25.4. The van der Waals surface area contributed by atoms with Crippen molar-refractivity contribution in [1.82, 2.24) is 14.9 Å². The molecular weight excluding hydrogens is 466 g/mol. The first-order valence-corrected chi connectivity index (χ1v) is 16.6.